The molecule has 162 valence electrons. The van der Waals surface area contributed by atoms with E-state index in [1.54, 1.807) is 21.6 Å². The van der Waals surface area contributed by atoms with Gasteiger partial charge in [0.25, 0.3) is 5.91 Å². The van der Waals surface area contributed by atoms with Gasteiger partial charge in [0, 0.05) is 24.5 Å². The van der Waals surface area contributed by atoms with Crippen LogP contribution in [-0.2, 0) is 24.3 Å². The quantitative estimate of drug-likeness (QED) is 0.526. The molecule has 0 fully saturated rings. The molecule has 32 heavy (non-hydrogen) atoms. The van der Waals surface area contributed by atoms with Crippen molar-refractivity contribution in [2.75, 3.05) is 16.8 Å². The van der Waals surface area contributed by atoms with Gasteiger partial charge in [-0.15, -0.1) is 0 Å². The molecule has 8 heteroatoms. The zero-order chi connectivity index (χ0) is 22.2. The van der Waals surface area contributed by atoms with Crippen LogP contribution in [0, 0.1) is 0 Å². The Labute approximate surface area is 183 Å². The number of para-hydroxylation sites is 2. The third-order valence-electron chi connectivity index (χ3n) is 5.82. The Morgan fingerprint density at radius 1 is 1.06 bits per heavy atom. The van der Waals surface area contributed by atoms with Crippen LogP contribution in [0.25, 0.3) is 11.0 Å². The summed E-state index contributed by atoms with van der Waals surface area (Å²) in [6, 6.07) is 14.6. The summed E-state index contributed by atoms with van der Waals surface area (Å²) in [7, 11) is 0. The molecule has 0 aliphatic carbocycles. The lowest BCUT2D eigenvalue weighted by Gasteiger charge is -2.16. The number of hydrogen-bond acceptors (Lipinski definition) is 4. The maximum atomic E-state index is 12.8. The van der Waals surface area contributed by atoms with Gasteiger partial charge in [-0.25, -0.2) is 4.79 Å². The smallest absolute Gasteiger partial charge is 0.329 e. The third-order valence-corrected chi connectivity index (χ3v) is 5.82. The standard InChI is InChI=1S/C24H22N4O4/c1-2-26-20-5-3-4-6-21(20)28(24(26)31)14-22(29)25-18-7-8-19-16(13-18)9-11-27(19)23(30)17-10-12-32-15-17/h3-8,10,12-13,15H,2,9,11,14H2,1H3,(H,25,29). The molecule has 0 radical (unpaired) electrons. The van der Waals surface area contributed by atoms with Crippen LogP contribution in [0.15, 0.2) is 70.3 Å². The van der Waals surface area contributed by atoms with Crippen molar-refractivity contribution in [3.05, 3.63) is 82.7 Å². The summed E-state index contributed by atoms with van der Waals surface area (Å²) in [5.41, 5.74) is 4.30. The topological polar surface area (TPSA) is 89.5 Å². The van der Waals surface area contributed by atoms with Crippen molar-refractivity contribution >= 4 is 34.2 Å². The van der Waals surface area contributed by atoms with Crippen molar-refractivity contribution in [1.82, 2.24) is 9.13 Å². The number of hydrogen-bond donors (Lipinski definition) is 1. The maximum Gasteiger partial charge on any atom is 0.329 e. The van der Waals surface area contributed by atoms with Crippen molar-refractivity contribution in [3.63, 3.8) is 0 Å². The van der Waals surface area contributed by atoms with Crippen LogP contribution in [0.5, 0.6) is 0 Å². The first-order valence-corrected chi connectivity index (χ1v) is 10.5. The molecule has 1 aliphatic rings. The van der Waals surface area contributed by atoms with Crippen LogP contribution in [0.4, 0.5) is 11.4 Å². The number of amides is 2. The second-order valence-corrected chi connectivity index (χ2v) is 7.71. The van der Waals surface area contributed by atoms with Gasteiger partial charge in [0.05, 0.1) is 22.9 Å². The predicted molar refractivity (Wildman–Crippen MR) is 121 cm³/mol. The Morgan fingerprint density at radius 2 is 1.84 bits per heavy atom. The summed E-state index contributed by atoms with van der Waals surface area (Å²) < 4.78 is 8.17. The monoisotopic (exact) mass is 430 g/mol. The minimum absolute atomic E-state index is 0.0749. The molecule has 0 saturated carbocycles. The number of anilines is 2. The zero-order valence-electron chi connectivity index (χ0n) is 17.6. The van der Waals surface area contributed by atoms with E-state index in [2.05, 4.69) is 5.32 Å². The molecule has 1 aliphatic heterocycles. The van der Waals surface area contributed by atoms with Crippen molar-refractivity contribution in [2.24, 2.45) is 0 Å². The van der Waals surface area contributed by atoms with Crippen LogP contribution < -0.4 is 15.9 Å². The molecule has 0 atom stereocenters. The van der Waals surface area contributed by atoms with Gasteiger partial charge in [0.2, 0.25) is 5.91 Å². The third kappa shape index (κ3) is 3.30. The summed E-state index contributed by atoms with van der Waals surface area (Å²) in [6.07, 6.45) is 3.62. The van der Waals surface area contributed by atoms with Crippen molar-refractivity contribution in [2.45, 2.75) is 26.4 Å². The van der Waals surface area contributed by atoms with Crippen molar-refractivity contribution in [3.8, 4) is 0 Å². The maximum absolute atomic E-state index is 12.8. The Balaban J connectivity index is 1.35. The number of imidazole rings is 1. The second kappa shape index (κ2) is 7.88. The van der Waals surface area contributed by atoms with Crippen LogP contribution in [0.2, 0.25) is 0 Å². The van der Waals surface area contributed by atoms with E-state index in [0.29, 0.717) is 30.8 Å². The molecule has 0 saturated heterocycles. The number of furan rings is 1. The molecule has 2 aromatic heterocycles. The molecular weight excluding hydrogens is 408 g/mol. The van der Waals surface area contributed by atoms with Gasteiger partial charge in [-0.2, -0.15) is 0 Å². The second-order valence-electron chi connectivity index (χ2n) is 7.71. The Bertz CT molecular complexity index is 1380. The van der Waals surface area contributed by atoms with E-state index in [-0.39, 0.29) is 24.0 Å². The van der Waals surface area contributed by atoms with Gasteiger partial charge in [-0.1, -0.05) is 12.1 Å². The normalized spacial score (nSPS) is 12.8. The summed E-state index contributed by atoms with van der Waals surface area (Å²) >= 11 is 0. The van der Waals surface area contributed by atoms with Gasteiger partial charge in [-0.3, -0.25) is 18.7 Å². The number of nitrogens with zero attached hydrogens (tertiary/aromatic N) is 3. The average molecular weight is 430 g/mol. The zero-order valence-corrected chi connectivity index (χ0v) is 17.6. The molecular formula is C24H22N4O4. The number of benzene rings is 2. The molecule has 8 nitrogen and oxygen atoms in total. The Kier molecular flexibility index (Phi) is 4.89. The first kappa shape index (κ1) is 19.9. The summed E-state index contributed by atoms with van der Waals surface area (Å²) in [5.74, 6) is -0.392. The van der Waals surface area contributed by atoms with Crippen LogP contribution in [0.3, 0.4) is 0 Å². The summed E-state index contributed by atoms with van der Waals surface area (Å²) in [5, 5.41) is 2.88. The minimum atomic E-state index is -0.282. The van der Waals surface area contributed by atoms with Gasteiger partial charge < -0.3 is 14.6 Å². The van der Waals surface area contributed by atoms with E-state index in [0.717, 1.165) is 22.3 Å². The lowest BCUT2D eigenvalue weighted by atomic mass is 10.1. The molecule has 2 aromatic carbocycles. The Morgan fingerprint density at radius 3 is 2.56 bits per heavy atom. The molecule has 3 heterocycles. The molecule has 5 rings (SSSR count). The number of fused-ring (bicyclic) bond motifs is 2. The molecule has 0 bridgehead atoms. The van der Waals surface area contributed by atoms with E-state index < -0.39 is 0 Å². The van der Waals surface area contributed by atoms with Crippen molar-refractivity contribution < 1.29 is 14.0 Å². The van der Waals surface area contributed by atoms with E-state index in [1.807, 2.05) is 43.3 Å². The van der Waals surface area contributed by atoms with Gasteiger partial charge >= 0.3 is 5.69 Å². The van der Waals surface area contributed by atoms with E-state index in [9.17, 15) is 14.4 Å². The molecule has 2 amide bonds. The highest BCUT2D eigenvalue weighted by Gasteiger charge is 2.26. The van der Waals surface area contributed by atoms with E-state index in [1.165, 1.54) is 17.1 Å². The van der Waals surface area contributed by atoms with Crippen LogP contribution in [-0.4, -0.2) is 27.5 Å². The highest BCUT2D eigenvalue weighted by Crippen LogP contribution is 2.31. The highest BCUT2D eigenvalue weighted by molar-refractivity contribution is 6.07. The average Bonchev–Trinajstić information content (AvgIpc) is 3.52. The minimum Gasteiger partial charge on any atom is -0.472 e. The summed E-state index contributed by atoms with van der Waals surface area (Å²) in [4.78, 5) is 39.9. The van der Waals surface area contributed by atoms with E-state index in [4.69, 9.17) is 4.42 Å². The SMILES string of the molecule is CCn1c(=O)n(CC(=O)Nc2ccc3c(c2)CCN3C(=O)c2ccoc2)c2ccccc21. The number of nitrogens with one attached hydrogen (secondary N) is 1. The fourth-order valence-corrected chi connectivity index (χ4v) is 4.31. The first-order chi connectivity index (χ1) is 15.6. The van der Waals surface area contributed by atoms with Gasteiger partial charge in [-0.05, 0) is 55.3 Å². The van der Waals surface area contributed by atoms with Gasteiger partial charge in [0.1, 0.15) is 12.8 Å². The van der Waals surface area contributed by atoms with Crippen LogP contribution in [0.1, 0.15) is 22.8 Å². The van der Waals surface area contributed by atoms with Gasteiger partial charge in [0.15, 0.2) is 0 Å². The van der Waals surface area contributed by atoms with Crippen LogP contribution >= 0.6 is 0 Å². The fraction of sp³-hybridized carbons (Fsp3) is 0.208. The predicted octanol–water partition coefficient (Wildman–Crippen LogP) is 3.26. The van der Waals surface area contributed by atoms with Crippen molar-refractivity contribution in [1.29, 1.82) is 0 Å². The molecule has 4 aromatic rings. The number of aryl methyl sites for hydroxylation is 1. The van der Waals surface area contributed by atoms with E-state index >= 15 is 0 Å². The molecule has 0 spiro atoms. The first-order valence-electron chi connectivity index (χ1n) is 10.5. The Hall–Kier alpha value is -4.07. The molecule has 0 unspecified atom stereocenters. The lowest BCUT2D eigenvalue weighted by molar-refractivity contribution is -0.116. The summed E-state index contributed by atoms with van der Waals surface area (Å²) in [6.45, 7) is 2.94. The highest BCUT2D eigenvalue weighted by atomic mass is 16.3. The lowest BCUT2D eigenvalue weighted by Crippen LogP contribution is -2.29. The number of rotatable bonds is 5. The fourth-order valence-electron chi connectivity index (χ4n) is 4.31. The number of aromatic nitrogens is 2. The number of carbonyl (C=O) groups excluding carboxylic acids is 2. The number of carbonyl (C=O) groups is 2. The molecule has 1 N–H and O–H groups in total. The largest absolute Gasteiger partial charge is 0.472 e.